The SMILES string of the molecule is CC.Cc1ccc(Cc2cc3c(cc2C)C(C)(C)CCC3(C)C)cc1. The highest BCUT2D eigenvalue weighted by Crippen LogP contribution is 2.46. The molecule has 0 atom stereocenters. The van der Waals surface area contributed by atoms with Crippen LogP contribution < -0.4 is 0 Å². The first kappa shape index (κ1) is 19.8. The number of hydrogen-bond donors (Lipinski definition) is 0. The molecule has 0 bridgehead atoms. The second-order valence-corrected chi connectivity index (χ2v) is 8.75. The second-order valence-electron chi connectivity index (χ2n) is 8.75. The normalized spacial score (nSPS) is 17.3. The van der Waals surface area contributed by atoms with Crippen LogP contribution in [-0.4, -0.2) is 0 Å². The molecular formula is C25H36. The van der Waals surface area contributed by atoms with Gasteiger partial charge in [-0.05, 0) is 71.8 Å². The zero-order chi connectivity index (χ0) is 18.8. The third-order valence-electron chi connectivity index (χ3n) is 5.82. The monoisotopic (exact) mass is 336 g/mol. The van der Waals surface area contributed by atoms with E-state index in [1.807, 2.05) is 13.8 Å². The Morgan fingerprint density at radius 3 is 1.76 bits per heavy atom. The highest BCUT2D eigenvalue weighted by Gasteiger charge is 2.37. The fraction of sp³-hybridized carbons (Fsp3) is 0.520. The van der Waals surface area contributed by atoms with Gasteiger partial charge in [-0.25, -0.2) is 0 Å². The molecule has 0 fully saturated rings. The van der Waals surface area contributed by atoms with Gasteiger partial charge in [0.15, 0.2) is 0 Å². The molecule has 0 saturated heterocycles. The van der Waals surface area contributed by atoms with E-state index in [0.717, 1.165) is 6.42 Å². The number of fused-ring (bicyclic) bond motifs is 1. The van der Waals surface area contributed by atoms with Gasteiger partial charge in [0.25, 0.3) is 0 Å². The molecule has 0 unspecified atom stereocenters. The summed E-state index contributed by atoms with van der Waals surface area (Å²) in [5.41, 5.74) is 9.40. The van der Waals surface area contributed by atoms with Crippen molar-refractivity contribution in [3.05, 3.63) is 69.8 Å². The van der Waals surface area contributed by atoms with Gasteiger partial charge in [-0.2, -0.15) is 0 Å². The molecule has 0 heterocycles. The van der Waals surface area contributed by atoms with Crippen LogP contribution in [0.3, 0.4) is 0 Å². The highest BCUT2D eigenvalue weighted by molar-refractivity contribution is 5.48. The molecule has 2 aromatic rings. The predicted molar refractivity (Wildman–Crippen MR) is 112 cm³/mol. The zero-order valence-corrected chi connectivity index (χ0v) is 17.6. The molecule has 1 aliphatic rings. The Bertz CT molecular complexity index is 714. The molecule has 1 aliphatic carbocycles. The Morgan fingerprint density at radius 1 is 0.760 bits per heavy atom. The lowest BCUT2D eigenvalue weighted by Crippen LogP contribution is -2.34. The van der Waals surface area contributed by atoms with Crippen LogP contribution in [0.2, 0.25) is 0 Å². The molecule has 0 N–H and O–H groups in total. The van der Waals surface area contributed by atoms with Crippen molar-refractivity contribution in [1.29, 1.82) is 0 Å². The molecule has 0 aliphatic heterocycles. The smallest absolute Gasteiger partial charge is 0.00230 e. The number of rotatable bonds is 2. The highest BCUT2D eigenvalue weighted by atomic mass is 14.4. The number of benzene rings is 2. The molecule has 0 saturated carbocycles. The van der Waals surface area contributed by atoms with Crippen molar-refractivity contribution in [3.63, 3.8) is 0 Å². The van der Waals surface area contributed by atoms with Gasteiger partial charge in [-0.15, -0.1) is 0 Å². The number of aryl methyl sites for hydroxylation is 2. The maximum Gasteiger partial charge on any atom is -0.00230 e. The van der Waals surface area contributed by atoms with E-state index in [9.17, 15) is 0 Å². The van der Waals surface area contributed by atoms with Crippen LogP contribution >= 0.6 is 0 Å². The maximum atomic E-state index is 2.51. The van der Waals surface area contributed by atoms with E-state index in [1.165, 1.54) is 35.1 Å². The fourth-order valence-corrected chi connectivity index (χ4v) is 3.88. The van der Waals surface area contributed by atoms with E-state index in [4.69, 9.17) is 0 Å². The van der Waals surface area contributed by atoms with Crippen molar-refractivity contribution in [2.24, 2.45) is 0 Å². The molecule has 0 amide bonds. The average molecular weight is 337 g/mol. The van der Waals surface area contributed by atoms with E-state index in [2.05, 4.69) is 77.9 Å². The molecule has 0 nitrogen and oxygen atoms in total. The lowest BCUT2D eigenvalue weighted by atomic mass is 9.62. The minimum absolute atomic E-state index is 0.292. The van der Waals surface area contributed by atoms with Crippen molar-refractivity contribution in [3.8, 4) is 0 Å². The molecule has 0 aromatic heterocycles. The summed E-state index contributed by atoms with van der Waals surface area (Å²) in [6, 6.07) is 13.9. The van der Waals surface area contributed by atoms with E-state index in [-0.39, 0.29) is 0 Å². The van der Waals surface area contributed by atoms with Crippen LogP contribution in [0, 0.1) is 13.8 Å². The Hall–Kier alpha value is -1.56. The van der Waals surface area contributed by atoms with Crippen LogP contribution in [-0.2, 0) is 17.3 Å². The van der Waals surface area contributed by atoms with Crippen LogP contribution in [0.4, 0.5) is 0 Å². The van der Waals surface area contributed by atoms with Gasteiger partial charge < -0.3 is 0 Å². The standard InChI is InChI=1S/C23H30.C2H6/c1-16-7-9-18(10-8-16)14-19-15-21-20(13-17(19)2)22(3,4)11-12-23(21,5)6;1-2/h7-10,13,15H,11-12,14H2,1-6H3;1-2H3. The topological polar surface area (TPSA) is 0 Å². The maximum absolute atomic E-state index is 2.51. The molecule has 25 heavy (non-hydrogen) atoms. The fourth-order valence-electron chi connectivity index (χ4n) is 3.88. The molecule has 0 heteroatoms. The van der Waals surface area contributed by atoms with Gasteiger partial charge in [-0.1, -0.05) is 83.5 Å². The number of hydrogen-bond acceptors (Lipinski definition) is 0. The summed E-state index contributed by atoms with van der Waals surface area (Å²) in [6.07, 6.45) is 3.60. The summed E-state index contributed by atoms with van der Waals surface area (Å²) in [7, 11) is 0. The predicted octanol–water partition coefficient (Wildman–Crippen LogP) is 7.27. The first-order valence-electron chi connectivity index (χ1n) is 9.89. The van der Waals surface area contributed by atoms with Gasteiger partial charge in [0.05, 0.1) is 0 Å². The van der Waals surface area contributed by atoms with E-state index in [0.29, 0.717) is 10.8 Å². The zero-order valence-electron chi connectivity index (χ0n) is 17.6. The first-order chi connectivity index (χ1) is 11.7. The minimum Gasteiger partial charge on any atom is -0.0683 e. The lowest BCUT2D eigenvalue weighted by Gasteiger charge is -2.42. The van der Waals surface area contributed by atoms with E-state index >= 15 is 0 Å². The van der Waals surface area contributed by atoms with Crippen LogP contribution in [0.1, 0.15) is 87.8 Å². The van der Waals surface area contributed by atoms with Gasteiger partial charge in [0, 0.05) is 0 Å². The van der Waals surface area contributed by atoms with Crippen molar-refractivity contribution >= 4 is 0 Å². The van der Waals surface area contributed by atoms with Gasteiger partial charge in [0.1, 0.15) is 0 Å². The average Bonchev–Trinajstić information content (AvgIpc) is 2.57. The molecule has 0 radical (unpaired) electrons. The summed E-state index contributed by atoms with van der Waals surface area (Å²) in [6.45, 7) is 18.1. The molecular weight excluding hydrogens is 300 g/mol. The Kier molecular flexibility index (Phi) is 5.82. The summed E-state index contributed by atoms with van der Waals surface area (Å²) in [5.74, 6) is 0. The van der Waals surface area contributed by atoms with Crippen molar-refractivity contribution in [1.82, 2.24) is 0 Å². The van der Waals surface area contributed by atoms with Gasteiger partial charge >= 0.3 is 0 Å². The van der Waals surface area contributed by atoms with Crippen LogP contribution in [0.15, 0.2) is 36.4 Å². The van der Waals surface area contributed by atoms with Crippen molar-refractivity contribution < 1.29 is 0 Å². The largest absolute Gasteiger partial charge is 0.0683 e. The minimum atomic E-state index is 0.292. The Balaban J connectivity index is 0.00000109. The third-order valence-corrected chi connectivity index (χ3v) is 5.82. The molecule has 136 valence electrons. The quantitative estimate of drug-likeness (QED) is 0.541. The summed E-state index contributed by atoms with van der Waals surface area (Å²) in [4.78, 5) is 0. The summed E-state index contributed by atoms with van der Waals surface area (Å²) in [5, 5.41) is 0. The van der Waals surface area contributed by atoms with E-state index < -0.39 is 0 Å². The summed E-state index contributed by atoms with van der Waals surface area (Å²) >= 11 is 0. The van der Waals surface area contributed by atoms with E-state index in [1.54, 1.807) is 11.1 Å². The molecule has 3 rings (SSSR count). The van der Waals surface area contributed by atoms with Gasteiger partial charge in [-0.3, -0.25) is 0 Å². The lowest BCUT2D eigenvalue weighted by molar-refractivity contribution is 0.331. The van der Waals surface area contributed by atoms with Crippen molar-refractivity contribution in [2.45, 2.75) is 85.5 Å². The van der Waals surface area contributed by atoms with Crippen molar-refractivity contribution in [2.75, 3.05) is 0 Å². The second kappa shape index (κ2) is 7.36. The Morgan fingerprint density at radius 2 is 1.24 bits per heavy atom. The molecule has 0 spiro atoms. The Labute approximate surface area is 155 Å². The third kappa shape index (κ3) is 4.17. The molecule has 2 aromatic carbocycles. The summed E-state index contributed by atoms with van der Waals surface area (Å²) < 4.78 is 0. The van der Waals surface area contributed by atoms with Crippen LogP contribution in [0.25, 0.3) is 0 Å². The van der Waals surface area contributed by atoms with Crippen LogP contribution in [0.5, 0.6) is 0 Å². The first-order valence-corrected chi connectivity index (χ1v) is 9.89. The van der Waals surface area contributed by atoms with Gasteiger partial charge in [0.2, 0.25) is 0 Å².